The maximum Gasteiger partial charge on any atom is 0.231 e. The van der Waals surface area contributed by atoms with Gasteiger partial charge in [0, 0.05) is 24.4 Å². The zero-order chi connectivity index (χ0) is 19.1. The molecule has 1 aliphatic heterocycles. The standard InChI is InChI=1S/C19H15Cl2N3O3/c1-23-15(11-2-4-13(20)14(21)6-11)8-24(19(23)22)9-16(25)12-3-5-17-18(7-12)27-10-26-17/h2-8,22H,9-10H2,1H3. The Bertz CT molecular complexity index is 1120. The summed E-state index contributed by atoms with van der Waals surface area (Å²) in [6.07, 6.45) is 1.76. The third-order valence-corrected chi connectivity index (χ3v) is 5.19. The SMILES string of the molecule is Cn1c(-c2ccc(Cl)c(Cl)c2)cn(CC(=O)c2ccc3c(c2)OCO3)c1=N. The summed E-state index contributed by atoms with van der Waals surface area (Å²) in [5.41, 5.74) is 2.28. The predicted molar refractivity (Wildman–Crippen MR) is 102 cm³/mol. The highest BCUT2D eigenvalue weighted by molar-refractivity contribution is 6.42. The highest BCUT2D eigenvalue weighted by Crippen LogP contribution is 2.33. The van der Waals surface area contributed by atoms with Gasteiger partial charge in [0.1, 0.15) is 0 Å². The van der Waals surface area contributed by atoms with Crippen LogP contribution in [0.3, 0.4) is 0 Å². The van der Waals surface area contributed by atoms with E-state index in [0.29, 0.717) is 27.1 Å². The molecule has 0 amide bonds. The molecule has 4 rings (SSSR count). The highest BCUT2D eigenvalue weighted by atomic mass is 35.5. The Morgan fingerprint density at radius 2 is 1.89 bits per heavy atom. The molecule has 8 heteroatoms. The Hall–Kier alpha value is -2.70. The predicted octanol–water partition coefficient (Wildman–Crippen LogP) is 3.89. The summed E-state index contributed by atoms with van der Waals surface area (Å²) in [7, 11) is 1.77. The molecule has 27 heavy (non-hydrogen) atoms. The van der Waals surface area contributed by atoms with Gasteiger partial charge in [-0.05, 0) is 30.3 Å². The lowest BCUT2D eigenvalue weighted by molar-refractivity contribution is 0.0969. The number of Topliss-reactive ketones (excluding diaryl/α,β-unsaturated/α-hetero) is 1. The largest absolute Gasteiger partial charge is 0.454 e. The van der Waals surface area contributed by atoms with Gasteiger partial charge in [-0.15, -0.1) is 0 Å². The lowest BCUT2D eigenvalue weighted by Crippen LogP contribution is -2.25. The maximum absolute atomic E-state index is 12.7. The molecule has 3 aromatic rings. The number of nitrogens with zero attached hydrogens (tertiary/aromatic N) is 2. The van der Waals surface area contributed by atoms with Crippen LogP contribution < -0.4 is 15.1 Å². The van der Waals surface area contributed by atoms with Crippen molar-refractivity contribution < 1.29 is 14.3 Å². The molecule has 1 aliphatic rings. The van der Waals surface area contributed by atoms with Crippen LogP contribution in [0.25, 0.3) is 11.3 Å². The van der Waals surface area contributed by atoms with Crippen molar-refractivity contribution in [1.82, 2.24) is 9.13 Å². The Balaban J connectivity index is 1.64. The Kier molecular flexibility index (Phi) is 4.45. The van der Waals surface area contributed by atoms with E-state index in [-0.39, 0.29) is 24.7 Å². The minimum Gasteiger partial charge on any atom is -0.454 e. The lowest BCUT2D eigenvalue weighted by Gasteiger charge is -2.04. The Morgan fingerprint density at radius 3 is 2.67 bits per heavy atom. The topological polar surface area (TPSA) is 69.2 Å². The van der Waals surface area contributed by atoms with Crippen LogP contribution >= 0.6 is 23.2 Å². The monoisotopic (exact) mass is 403 g/mol. The molecule has 0 radical (unpaired) electrons. The van der Waals surface area contributed by atoms with E-state index < -0.39 is 0 Å². The fourth-order valence-corrected chi connectivity index (χ4v) is 3.26. The number of fused-ring (bicyclic) bond motifs is 1. The van der Waals surface area contributed by atoms with Gasteiger partial charge in [0.05, 0.1) is 22.3 Å². The van der Waals surface area contributed by atoms with Crippen molar-refractivity contribution in [1.29, 1.82) is 5.41 Å². The Morgan fingerprint density at radius 1 is 1.11 bits per heavy atom. The molecular formula is C19H15Cl2N3O3. The maximum atomic E-state index is 12.7. The number of benzene rings is 2. The van der Waals surface area contributed by atoms with Crippen LogP contribution in [-0.2, 0) is 13.6 Å². The lowest BCUT2D eigenvalue weighted by atomic mass is 10.1. The number of imidazole rings is 1. The second-order valence-electron chi connectivity index (χ2n) is 6.14. The van der Waals surface area contributed by atoms with Crippen LogP contribution in [0, 0.1) is 5.41 Å². The first-order chi connectivity index (χ1) is 12.9. The quantitative estimate of drug-likeness (QED) is 0.671. The molecule has 1 N–H and O–H groups in total. The van der Waals surface area contributed by atoms with Crippen molar-refractivity contribution in [2.75, 3.05) is 6.79 Å². The van der Waals surface area contributed by atoms with Crippen LogP contribution in [0.1, 0.15) is 10.4 Å². The molecule has 0 fully saturated rings. The number of aromatic nitrogens is 2. The van der Waals surface area contributed by atoms with E-state index in [2.05, 4.69) is 0 Å². The third-order valence-electron chi connectivity index (χ3n) is 4.45. The summed E-state index contributed by atoms with van der Waals surface area (Å²) in [6, 6.07) is 10.3. The average molecular weight is 404 g/mol. The number of ketones is 1. The molecule has 0 bridgehead atoms. The van der Waals surface area contributed by atoms with Crippen LogP contribution in [0.5, 0.6) is 11.5 Å². The molecule has 1 aromatic heterocycles. The molecule has 6 nitrogen and oxygen atoms in total. The van der Waals surface area contributed by atoms with Crippen molar-refractivity contribution in [3.63, 3.8) is 0 Å². The van der Waals surface area contributed by atoms with E-state index >= 15 is 0 Å². The first kappa shape index (κ1) is 17.7. The molecule has 0 saturated heterocycles. The number of nitrogens with one attached hydrogen (secondary N) is 1. The van der Waals surface area contributed by atoms with Gasteiger partial charge in [-0.3, -0.25) is 10.2 Å². The molecule has 138 valence electrons. The summed E-state index contributed by atoms with van der Waals surface area (Å²) in [6.45, 7) is 0.192. The molecule has 0 unspecified atom stereocenters. The fraction of sp³-hybridized carbons (Fsp3) is 0.158. The second kappa shape index (κ2) is 6.79. The molecule has 0 saturated carbocycles. The Labute approximate surface area is 165 Å². The van der Waals surface area contributed by atoms with Gasteiger partial charge in [0.25, 0.3) is 0 Å². The summed E-state index contributed by atoms with van der Waals surface area (Å²) < 4.78 is 13.9. The average Bonchev–Trinajstić information content (AvgIpc) is 3.23. The number of ether oxygens (including phenoxy) is 2. The smallest absolute Gasteiger partial charge is 0.231 e. The minimum absolute atomic E-state index is 0.0354. The molecular weight excluding hydrogens is 389 g/mol. The van der Waals surface area contributed by atoms with E-state index in [1.807, 2.05) is 6.07 Å². The van der Waals surface area contributed by atoms with Crippen molar-refractivity contribution in [3.05, 3.63) is 63.8 Å². The van der Waals surface area contributed by atoms with Gasteiger partial charge in [-0.25, -0.2) is 0 Å². The number of carbonyl (C=O) groups excluding carboxylic acids is 1. The minimum atomic E-state index is -0.127. The van der Waals surface area contributed by atoms with Gasteiger partial charge in [-0.1, -0.05) is 29.3 Å². The number of halogens is 2. The van der Waals surface area contributed by atoms with Crippen LogP contribution in [0.2, 0.25) is 10.0 Å². The first-order valence-corrected chi connectivity index (χ1v) is 8.88. The van der Waals surface area contributed by atoms with E-state index in [1.54, 1.807) is 52.7 Å². The van der Waals surface area contributed by atoms with Gasteiger partial charge in [-0.2, -0.15) is 0 Å². The third kappa shape index (κ3) is 3.22. The van der Waals surface area contributed by atoms with Crippen molar-refractivity contribution in [2.24, 2.45) is 7.05 Å². The fourth-order valence-electron chi connectivity index (χ4n) is 2.96. The normalized spacial score (nSPS) is 12.4. The molecule has 0 aliphatic carbocycles. The number of hydrogen-bond donors (Lipinski definition) is 1. The molecule has 2 heterocycles. The van der Waals surface area contributed by atoms with E-state index in [9.17, 15) is 4.79 Å². The van der Waals surface area contributed by atoms with Gasteiger partial charge in [0.15, 0.2) is 17.3 Å². The zero-order valence-corrected chi connectivity index (χ0v) is 15.8. The zero-order valence-electron chi connectivity index (χ0n) is 14.3. The molecule has 0 atom stereocenters. The van der Waals surface area contributed by atoms with E-state index in [1.165, 1.54) is 0 Å². The van der Waals surface area contributed by atoms with E-state index in [4.69, 9.17) is 38.1 Å². The molecule has 0 spiro atoms. The number of hydrogen-bond acceptors (Lipinski definition) is 4. The van der Waals surface area contributed by atoms with Gasteiger partial charge >= 0.3 is 0 Å². The van der Waals surface area contributed by atoms with Crippen molar-refractivity contribution in [2.45, 2.75) is 6.54 Å². The number of rotatable bonds is 4. The first-order valence-electron chi connectivity index (χ1n) is 8.13. The van der Waals surface area contributed by atoms with Crippen LogP contribution in [0.15, 0.2) is 42.6 Å². The molecule has 2 aromatic carbocycles. The van der Waals surface area contributed by atoms with E-state index in [0.717, 1.165) is 11.3 Å². The summed E-state index contributed by atoms with van der Waals surface area (Å²) >= 11 is 12.1. The number of carbonyl (C=O) groups is 1. The summed E-state index contributed by atoms with van der Waals surface area (Å²) in [4.78, 5) is 12.7. The summed E-state index contributed by atoms with van der Waals surface area (Å²) in [5, 5.41) is 9.21. The van der Waals surface area contributed by atoms with Crippen LogP contribution in [-0.4, -0.2) is 21.7 Å². The van der Waals surface area contributed by atoms with Crippen LogP contribution in [0.4, 0.5) is 0 Å². The van der Waals surface area contributed by atoms with Gasteiger partial charge in [0.2, 0.25) is 12.4 Å². The highest BCUT2D eigenvalue weighted by Gasteiger charge is 2.18. The van der Waals surface area contributed by atoms with Crippen molar-refractivity contribution >= 4 is 29.0 Å². The van der Waals surface area contributed by atoms with Gasteiger partial charge < -0.3 is 18.6 Å². The summed E-state index contributed by atoms with van der Waals surface area (Å²) in [5.74, 6) is 1.06. The second-order valence-corrected chi connectivity index (χ2v) is 6.96. The van der Waals surface area contributed by atoms with Crippen molar-refractivity contribution in [3.8, 4) is 22.8 Å².